The summed E-state index contributed by atoms with van der Waals surface area (Å²) in [5.41, 5.74) is 1.36. The normalized spacial score (nSPS) is 22.4. The number of hydrogen-bond donors (Lipinski definition) is 2. The zero-order chi connectivity index (χ0) is 14.3. The number of rotatable bonds is 2. The van der Waals surface area contributed by atoms with Crippen molar-refractivity contribution in [1.29, 1.82) is 0 Å². The highest BCUT2D eigenvalue weighted by Gasteiger charge is 2.37. The van der Waals surface area contributed by atoms with Crippen LogP contribution in [0.3, 0.4) is 0 Å². The molecule has 3 rings (SSSR count). The lowest BCUT2D eigenvalue weighted by atomic mass is 9.99. The highest BCUT2D eigenvalue weighted by molar-refractivity contribution is 5.98. The molecule has 0 radical (unpaired) electrons. The lowest BCUT2D eigenvalue weighted by Crippen LogP contribution is -2.29. The van der Waals surface area contributed by atoms with Gasteiger partial charge in [-0.3, -0.25) is 14.7 Å². The molecule has 1 saturated heterocycles. The number of carbonyl (C=O) groups is 2. The van der Waals surface area contributed by atoms with Gasteiger partial charge in [0, 0.05) is 24.0 Å². The molecule has 0 saturated carbocycles. The molecule has 1 fully saturated rings. The van der Waals surface area contributed by atoms with E-state index >= 15 is 0 Å². The molecular weight excluding hydrogens is 258 g/mol. The first-order chi connectivity index (χ1) is 9.56. The molecule has 1 aromatic heterocycles. The van der Waals surface area contributed by atoms with E-state index in [-0.39, 0.29) is 18.4 Å². The molecule has 1 aliphatic heterocycles. The van der Waals surface area contributed by atoms with Gasteiger partial charge in [0.25, 0.3) is 5.91 Å². The van der Waals surface area contributed by atoms with Crippen molar-refractivity contribution >= 4 is 22.8 Å². The zero-order valence-electron chi connectivity index (χ0n) is 11.0. The number of H-pyrrole nitrogens is 1. The number of carbonyl (C=O) groups excluding carboxylic acids is 1. The minimum Gasteiger partial charge on any atom is -0.481 e. The average molecular weight is 273 g/mol. The number of nitrogens with zero attached hydrogens (tertiary/aromatic N) is 2. The molecule has 6 nitrogen and oxygen atoms in total. The molecule has 0 bridgehead atoms. The van der Waals surface area contributed by atoms with Crippen molar-refractivity contribution in [2.75, 3.05) is 13.1 Å². The topological polar surface area (TPSA) is 86.3 Å². The van der Waals surface area contributed by atoms with Gasteiger partial charge < -0.3 is 10.0 Å². The summed E-state index contributed by atoms with van der Waals surface area (Å²) in [5.74, 6) is -1.46. The number of benzene rings is 1. The van der Waals surface area contributed by atoms with Gasteiger partial charge in [-0.25, -0.2) is 0 Å². The lowest BCUT2D eigenvalue weighted by Gasteiger charge is -2.15. The number of aromatic nitrogens is 2. The number of fused-ring (bicyclic) bond motifs is 1. The van der Waals surface area contributed by atoms with E-state index in [1.807, 2.05) is 13.0 Å². The Bertz CT molecular complexity index is 679. The molecule has 1 amide bonds. The van der Waals surface area contributed by atoms with Crippen molar-refractivity contribution in [2.45, 2.75) is 6.92 Å². The van der Waals surface area contributed by atoms with Gasteiger partial charge >= 0.3 is 5.97 Å². The van der Waals surface area contributed by atoms with Crippen LogP contribution in [-0.2, 0) is 4.79 Å². The smallest absolute Gasteiger partial charge is 0.308 e. The summed E-state index contributed by atoms with van der Waals surface area (Å²) in [6.45, 7) is 2.62. The minimum absolute atomic E-state index is 0.0210. The lowest BCUT2D eigenvalue weighted by molar-refractivity contribution is -0.142. The van der Waals surface area contributed by atoms with Crippen LogP contribution in [-0.4, -0.2) is 45.2 Å². The van der Waals surface area contributed by atoms with E-state index < -0.39 is 11.9 Å². The Morgan fingerprint density at radius 2 is 2.20 bits per heavy atom. The predicted molar refractivity (Wildman–Crippen MR) is 72.3 cm³/mol. The fourth-order valence-electron chi connectivity index (χ4n) is 2.71. The van der Waals surface area contributed by atoms with Crippen LogP contribution in [0.25, 0.3) is 10.9 Å². The maximum absolute atomic E-state index is 12.4. The van der Waals surface area contributed by atoms with Crippen LogP contribution in [0.5, 0.6) is 0 Å². The number of nitrogens with one attached hydrogen (secondary N) is 1. The Morgan fingerprint density at radius 1 is 1.40 bits per heavy atom. The molecule has 2 unspecified atom stereocenters. The predicted octanol–water partition coefficient (Wildman–Crippen LogP) is 1.36. The number of aromatic amines is 1. The van der Waals surface area contributed by atoms with Crippen LogP contribution in [0.15, 0.2) is 24.4 Å². The van der Waals surface area contributed by atoms with Gasteiger partial charge in [0.1, 0.15) is 0 Å². The Labute approximate surface area is 115 Å². The molecule has 2 aromatic rings. The summed E-state index contributed by atoms with van der Waals surface area (Å²) in [5, 5.41) is 16.8. The van der Waals surface area contributed by atoms with E-state index in [1.165, 1.54) is 0 Å². The molecule has 2 atom stereocenters. The third-order valence-corrected chi connectivity index (χ3v) is 3.91. The first kappa shape index (κ1) is 12.7. The van der Waals surface area contributed by atoms with E-state index in [0.717, 1.165) is 10.9 Å². The fourth-order valence-corrected chi connectivity index (χ4v) is 2.71. The first-order valence-corrected chi connectivity index (χ1v) is 6.51. The molecule has 104 valence electrons. The monoisotopic (exact) mass is 273 g/mol. The highest BCUT2D eigenvalue weighted by Crippen LogP contribution is 2.25. The molecule has 0 aliphatic carbocycles. The molecule has 0 spiro atoms. The molecule has 6 heteroatoms. The van der Waals surface area contributed by atoms with E-state index in [2.05, 4.69) is 10.2 Å². The summed E-state index contributed by atoms with van der Waals surface area (Å²) in [4.78, 5) is 25.1. The van der Waals surface area contributed by atoms with Crippen molar-refractivity contribution in [3.05, 3.63) is 30.0 Å². The average Bonchev–Trinajstić information content (AvgIpc) is 3.02. The van der Waals surface area contributed by atoms with Gasteiger partial charge in [-0.15, -0.1) is 0 Å². The number of amides is 1. The van der Waals surface area contributed by atoms with Crippen LogP contribution in [0, 0.1) is 11.8 Å². The van der Waals surface area contributed by atoms with Crippen molar-refractivity contribution in [2.24, 2.45) is 11.8 Å². The fraction of sp³-hybridized carbons (Fsp3) is 0.357. The van der Waals surface area contributed by atoms with Crippen molar-refractivity contribution in [1.82, 2.24) is 15.1 Å². The molecule has 2 heterocycles. The largest absolute Gasteiger partial charge is 0.481 e. The number of hydrogen-bond acceptors (Lipinski definition) is 3. The van der Waals surface area contributed by atoms with Crippen LogP contribution < -0.4 is 0 Å². The molecular formula is C14H15N3O3. The van der Waals surface area contributed by atoms with Crippen LogP contribution >= 0.6 is 0 Å². The summed E-state index contributed by atoms with van der Waals surface area (Å²) in [7, 11) is 0. The van der Waals surface area contributed by atoms with Gasteiger partial charge in [0.15, 0.2) is 0 Å². The van der Waals surface area contributed by atoms with Gasteiger partial charge in [0.2, 0.25) is 0 Å². The maximum Gasteiger partial charge on any atom is 0.308 e. The minimum atomic E-state index is -0.836. The Balaban J connectivity index is 1.84. The van der Waals surface area contributed by atoms with Crippen LogP contribution in [0.2, 0.25) is 0 Å². The van der Waals surface area contributed by atoms with E-state index in [0.29, 0.717) is 12.1 Å². The third-order valence-electron chi connectivity index (χ3n) is 3.91. The number of carboxylic acid groups (broad SMARTS) is 1. The standard InChI is InChI=1S/C14H15N3O3/c1-8-6-17(7-11(8)14(19)20)13(18)9-2-3-10-5-15-16-12(10)4-9/h2-5,8,11H,6-7H2,1H3,(H,15,16)(H,19,20). The van der Waals surface area contributed by atoms with Gasteiger partial charge in [-0.05, 0) is 18.1 Å². The SMILES string of the molecule is CC1CN(C(=O)c2ccc3cn[nH]c3c2)CC1C(=O)O. The second-order valence-corrected chi connectivity index (χ2v) is 5.30. The summed E-state index contributed by atoms with van der Waals surface area (Å²) >= 11 is 0. The molecule has 20 heavy (non-hydrogen) atoms. The van der Waals surface area contributed by atoms with Gasteiger partial charge in [0.05, 0.1) is 17.6 Å². The molecule has 1 aliphatic rings. The molecule has 1 aromatic carbocycles. The summed E-state index contributed by atoms with van der Waals surface area (Å²) < 4.78 is 0. The first-order valence-electron chi connectivity index (χ1n) is 6.51. The molecule has 2 N–H and O–H groups in total. The third kappa shape index (κ3) is 2.03. The summed E-state index contributed by atoms with van der Waals surface area (Å²) in [6, 6.07) is 5.34. The zero-order valence-corrected chi connectivity index (χ0v) is 11.0. The van der Waals surface area contributed by atoms with Crippen LogP contribution in [0.4, 0.5) is 0 Å². The van der Waals surface area contributed by atoms with E-state index in [1.54, 1.807) is 23.2 Å². The van der Waals surface area contributed by atoms with Crippen LogP contribution in [0.1, 0.15) is 17.3 Å². The van der Waals surface area contributed by atoms with Crippen molar-refractivity contribution in [3.8, 4) is 0 Å². The van der Waals surface area contributed by atoms with Crippen molar-refractivity contribution < 1.29 is 14.7 Å². The number of carboxylic acids is 1. The Kier molecular flexibility index (Phi) is 2.93. The summed E-state index contributed by atoms with van der Waals surface area (Å²) in [6.07, 6.45) is 1.70. The number of aliphatic carboxylic acids is 1. The Hall–Kier alpha value is -2.37. The van der Waals surface area contributed by atoms with E-state index in [4.69, 9.17) is 5.11 Å². The van der Waals surface area contributed by atoms with E-state index in [9.17, 15) is 9.59 Å². The highest BCUT2D eigenvalue weighted by atomic mass is 16.4. The number of likely N-dealkylation sites (tertiary alicyclic amines) is 1. The van der Waals surface area contributed by atoms with Gasteiger partial charge in [-0.1, -0.05) is 13.0 Å². The van der Waals surface area contributed by atoms with Crippen molar-refractivity contribution in [3.63, 3.8) is 0 Å². The van der Waals surface area contributed by atoms with Gasteiger partial charge in [-0.2, -0.15) is 5.10 Å². The second-order valence-electron chi connectivity index (χ2n) is 5.30. The second kappa shape index (κ2) is 4.63. The quantitative estimate of drug-likeness (QED) is 0.865. The maximum atomic E-state index is 12.4. The Morgan fingerprint density at radius 3 is 2.90 bits per heavy atom.